The first-order valence-electron chi connectivity index (χ1n) is 10.8. The molecule has 2 N–H and O–H groups in total. The van der Waals surface area contributed by atoms with Crippen molar-refractivity contribution in [1.29, 1.82) is 0 Å². The number of rotatable bonds is 6. The van der Waals surface area contributed by atoms with Crippen LogP contribution in [0.1, 0.15) is 35.6 Å². The normalized spacial score (nSPS) is 20.3. The number of benzene rings is 1. The van der Waals surface area contributed by atoms with Gasteiger partial charge in [-0.2, -0.15) is 0 Å². The van der Waals surface area contributed by atoms with E-state index in [1.165, 1.54) is 7.11 Å². The molecule has 9 nitrogen and oxygen atoms in total. The Bertz CT molecular complexity index is 1050. The van der Waals surface area contributed by atoms with E-state index >= 15 is 0 Å². The summed E-state index contributed by atoms with van der Waals surface area (Å²) in [6.45, 7) is 1.59. The number of anilines is 1. The standard InChI is InChI=1S/C22H29N3O4S.CH2O2/c1-25-10-8-16-14-21(22(29-3)23-20(16)9-11-25)24-30(26,27)19-6-4-15(5-7-19)17-12-18(13-17)28-2;2-1-3/h4-7,14,17-18,24H,8-13H2,1-3H3;1H,(H,2,3). The summed E-state index contributed by atoms with van der Waals surface area (Å²) in [6, 6.07) is 8.98. The van der Waals surface area contributed by atoms with Gasteiger partial charge in [-0.05, 0) is 61.6 Å². The zero-order valence-electron chi connectivity index (χ0n) is 19.2. The Hall–Kier alpha value is -2.69. The van der Waals surface area contributed by atoms with Crippen molar-refractivity contribution in [3.05, 3.63) is 47.2 Å². The van der Waals surface area contributed by atoms with Crippen molar-refractivity contribution >= 4 is 22.2 Å². The zero-order valence-corrected chi connectivity index (χ0v) is 20.0. The fourth-order valence-corrected chi connectivity index (χ4v) is 5.16. The molecule has 0 amide bonds. The molecule has 1 aromatic heterocycles. The molecule has 0 saturated heterocycles. The van der Waals surface area contributed by atoms with E-state index in [0.29, 0.717) is 23.6 Å². The molecule has 33 heavy (non-hydrogen) atoms. The number of carbonyl (C=O) groups is 1. The summed E-state index contributed by atoms with van der Waals surface area (Å²) in [7, 11) is 1.57. The molecule has 10 heteroatoms. The number of hydrogen-bond donors (Lipinski definition) is 2. The highest BCUT2D eigenvalue weighted by Crippen LogP contribution is 2.38. The van der Waals surface area contributed by atoms with E-state index in [4.69, 9.17) is 19.4 Å². The van der Waals surface area contributed by atoms with Gasteiger partial charge >= 0.3 is 0 Å². The summed E-state index contributed by atoms with van der Waals surface area (Å²) in [6.07, 6.45) is 3.92. The van der Waals surface area contributed by atoms with Gasteiger partial charge in [0.15, 0.2) is 0 Å². The van der Waals surface area contributed by atoms with Gasteiger partial charge in [0.25, 0.3) is 16.5 Å². The monoisotopic (exact) mass is 477 g/mol. The van der Waals surface area contributed by atoms with Crippen molar-refractivity contribution in [1.82, 2.24) is 9.88 Å². The average Bonchev–Trinajstić information content (AvgIpc) is 2.94. The molecule has 1 aliphatic carbocycles. The van der Waals surface area contributed by atoms with Crippen LogP contribution in [0.15, 0.2) is 35.2 Å². The lowest BCUT2D eigenvalue weighted by Gasteiger charge is -2.34. The molecule has 180 valence electrons. The summed E-state index contributed by atoms with van der Waals surface area (Å²) in [4.78, 5) is 15.4. The number of nitrogens with one attached hydrogen (secondary N) is 1. The zero-order chi connectivity index (χ0) is 24.0. The van der Waals surface area contributed by atoms with Crippen LogP contribution in [0.5, 0.6) is 5.88 Å². The quantitative estimate of drug-likeness (QED) is 0.610. The van der Waals surface area contributed by atoms with E-state index in [-0.39, 0.29) is 11.4 Å². The molecule has 1 fully saturated rings. The number of hydrogen-bond acceptors (Lipinski definition) is 7. The molecule has 1 aliphatic heterocycles. The predicted molar refractivity (Wildman–Crippen MR) is 124 cm³/mol. The second-order valence-electron chi connectivity index (χ2n) is 8.26. The van der Waals surface area contributed by atoms with Crippen molar-refractivity contribution in [2.24, 2.45) is 0 Å². The molecule has 1 saturated carbocycles. The Kier molecular flexibility index (Phi) is 8.28. The maximum Gasteiger partial charge on any atom is 0.290 e. The smallest absolute Gasteiger partial charge is 0.290 e. The van der Waals surface area contributed by atoms with Crippen molar-refractivity contribution in [2.75, 3.05) is 39.1 Å². The van der Waals surface area contributed by atoms with E-state index in [1.807, 2.05) is 18.2 Å². The van der Waals surface area contributed by atoms with E-state index in [0.717, 1.165) is 55.6 Å². The predicted octanol–water partition coefficient (Wildman–Crippen LogP) is 2.51. The summed E-state index contributed by atoms with van der Waals surface area (Å²) in [5.41, 5.74) is 3.56. The molecule has 0 bridgehead atoms. The highest BCUT2D eigenvalue weighted by Gasteiger charge is 2.30. The van der Waals surface area contributed by atoms with Crippen LogP contribution in [-0.4, -0.2) is 70.3 Å². The van der Waals surface area contributed by atoms with Gasteiger partial charge in [-0.3, -0.25) is 9.52 Å². The lowest BCUT2D eigenvalue weighted by molar-refractivity contribution is -0.122. The third-order valence-corrected chi connectivity index (χ3v) is 7.56. The molecule has 1 aromatic carbocycles. The van der Waals surface area contributed by atoms with Crippen LogP contribution in [0.4, 0.5) is 5.69 Å². The number of sulfonamides is 1. The van der Waals surface area contributed by atoms with Crippen molar-refractivity contribution in [3.8, 4) is 5.88 Å². The highest BCUT2D eigenvalue weighted by atomic mass is 32.2. The summed E-state index contributed by atoms with van der Waals surface area (Å²) in [5.74, 6) is 0.741. The Morgan fingerprint density at radius 3 is 2.39 bits per heavy atom. The van der Waals surface area contributed by atoms with Gasteiger partial charge in [-0.15, -0.1) is 0 Å². The Morgan fingerprint density at radius 2 is 1.79 bits per heavy atom. The summed E-state index contributed by atoms with van der Waals surface area (Å²) < 4.78 is 39.4. The molecule has 2 heterocycles. The van der Waals surface area contributed by atoms with E-state index in [9.17, 15) is 8.42 Å². The number of methoxy groups -OCH3 is 2. The van der Waals surface area contributed by atoms with Crippen LogP contribution in [-0.2, 0) is 32.4 Å². The first-order chi connectivity index (χ1) is 15.8. The molecule has 0 radical (unpaired) electrons. The van der Waals surface area contributed by atoms with Crippen LogP contribution in [0.2, 0.25) is 0 Å². The molecule has 2 aromatic rings. The second-order valence-corrected chi connectivity index (χ2v) is 9.94. The van der Waals surface area contributed by atoms with Gasteiger partial charge in [-0.25, -0.2) is 13.4 Å². The molecule has 0 unspecified atom stereocenters. The number of ether oxygens (including phenoxy) is 2. The van der Waals surface area contributed by atoms with Crippen LogP contribution >= 0.6 is 0 Å². The minimum absolute atomic E-state index is 0.227. The summed E-state index contributed by atoms with van der Waals surface area (Å²) in [5, 5.41) is 6.89. The van der Waals surface area contributed by atoms with Crippen LogP contribution in [0, 0.1) is 0 Å². The molecule has 0 spiro atoms. The number of pyridine rings is 1. The largest absolute Gasteiger partial charge is 0.483 e. The highest BCUT2D eigenvalue weighted by molar-refractivity contribution is 7.92. The summed E-state index contributed by atoms with van der Waals surface area (Å²) >= 11 is 0. The van der Waals surface area contributed by atoms with E-state index < -0.39 is 10.0 Å². The van der Waals surface area contributed by atoms with Crippen molar-refractivity contribution in [3.63, 3.8) is 0 Å². The second kappa shape index (κ2) is 11.0. The fourth-order valence-electron chi connectivity index (χ4n) is 4.11. The first-order valence-corrected chi connectivity index (χ1v) is 12.3. The Balaban J connectivity index is 0.000000968. The van der Waals surface area contributed by atoms with Gasteiger partial charge in [0.2, 0.25) is 5.88 Å². The van der Waals surface area contributed by atoms with E-state index in [2.05, 4.69) is 21.7 Å². The van der Waals surface area contributed by atoms with Gasteiger partial charge < -0.3 is 19.5 Å². The maximum absolute atomic E-state index is 13.0. The van der Waals surface area contributed by atoms with Crippen molar-refractivity contribution < 1.29 is 27.8 Å². The lowest BCUT2D eigenvalue weighted by atomic mass is 9.77. The third-order valence-electron chi connectivity index (χ3n) is 6.18. The Morgan fingerprint density at radius 1 is 1.15 bits per heavy atom. The molecule has 4 rings (SSSR count). The number of aromatic nitrogens is 1. The molecule has 0 atom stereocenters. The fraction of sp³-hybridized carbons (Fsp3) is 0.478. The maximum atomic E-state index is 13.0. The number of likely N-dealkylation sites (N-methyl/N-ethyl adjacent to an activating group) is 1. The molecular weight excluding hydrogens is 446 g/mol. The minimum atomic E-state index is -3.74. The van der Waals surface area contributed by atoms with Crippen LogP contribution in [0.3, 0.4) is 0 Å². The van der Waals surface area contributed by atoms with Gasteiger partial charge in [-0.1, -0.05) is 12.1 Å². The molecule has 2 aliphatic rings. The van der Waals surface area contributed by atoms with Gasteiger partial charge in [0.05, 0.1) is 18.1 Å². The first kappa shape index (κ1) is 24.9. The SMILES string of the molecule is COc1nc2c(cc1NS(=O)(=O)c1ccc(C3CC(OC)C3)cc1)CCN(C)CC2.O=CO. The van der Waals surface area contributed by atoms with Crippen LogP contribution in [0.25, 0.3) is 0 Å². The third kappa shape index (κ3) is 6.01. The van der Waals surface area contributed by atoms with Crippen molar-refractivity contribution in [2.45, 2.75) is 42.6 Å². The van der Waals surface area contributed by atoms with E-state index in [1.54, 1.807) is 19.2 Å². The topological polar surface area (TPSA) is 118 Å². The lowest BCUT2D eigenvalue weighted by Crippen LogP contribution is -2.28. The van der Waals surface area contributed by atoms with Crippen LogP contribution < -0.4 is 9.46 Å². The van der Waals surface area contributed by atoms with Gasteiger partial charge in [0, 0.05) is 32.3 Å². The number of fused-ring (bicyclic) bond motifs is 1. The number of carboxylic acid groups (broad SMARTS) is 1. The Labute approximate surface area is 194 Å². The van der Waals surface area contributed by atoms with Gasteiger partial charge in [0.1, 0.15) is 5.69 Å². The number of nitrogens with zero attached hydrogens (tertiary/aromatic N) is 2. The average molecular weight is 478 g/mol. The minimum Gasteiger partial charge on any atom is -0.483 e. The molecular formula is C23H31N3O6S.